The molecule has 2 rings (SSSR count). The molecule has 24 heavy (non-hydrogen) atoms. The molecule has 0 bridgehead atoms. The third kappa shape index (κ3) is 5.13. The minimum atomic E-state index is -0.593. The van der Waals surface area contributed by atoms with Gasteiger partial charge in [-0.25, -0.2) is 9.18 Å². The fourth-order valence-electron chi connectivity index (χ4n) is 1.84. The Morgan fingerprint density at radius 3 is 2.50 bits per heavy atom. The zero-order valence-corrected chi connectivity index (χ0v) is 13.5. The molecule has 3 N–H and O–H groups in total. The molecule has 8 heteroatoms. The number of hydrogen-bond acceptors (Lipinski definition) is 3. The lowest BCUT2D eigenvalue weighted by molar-refractivity contribution is -0.115. The smallest absolute Gasteiger partial charge is 0.319 e. The second kappa shape index (κ2) is 8.16. The third-order valence-corrected chi connectivity index (χ3v) is 3.18. The van der Waals surface area contributed by atoms with Gasteiger partial charge in [0.2, 0.25) is 5.91 Å². The van der Waals surface area contributed by atoms with Crippen molar-refractivity contribution in [2.24, 2.45) is 0 Å². The van der Waals surface area contributed by atoms with Crippen molar-refractivity contribution in [2.75, 3.05) is 24.3 Å². The van der Waals surface area contributed by atoms with E-state index in [1.165, 1.54) is 37.4 Å². The van der Waals surface area contributed by atoms with Gasteiger partial charge in [-0.05, 0) is 42.5 Å². The molecule has 6 nitrogen and oxygen atoms in total. The van der Waals surface area contributed by atoms with Crippen molar-refractivity contribution < 1.29 is 18.7 Å². The molecule has 0 fully saturated rings. The van der Waals surface area contributed by atoms with E-state index in [1.807, 2.05) is 0 Å². The topological polar surface area (TPSA) is 79.5 Å². The second-order valence-electron chi connectivity index (χ2n) is 4.71. The molecule has 0 aliphatic rings. The first-order valence-electron chi connectivity index (χ1n) is 6.92. The number of carbonyl (C=O) groups is 2. The van der Waals surface area contributed by atoms with Gasteiger partial charge in [0.25, 0.3) is 0 Å². The van der Waals surface area contributed by atoms with E-state index in [-0.39, 0.29) is 6.54 Å². The predicted octanol–water partition coefficient (Wildman–Crippen LogP) is 3.25. The van der Waals surface area contributed by atoms with E-state index in [1.54, 1.807) is 12.1 Å². The van der Waals surface area contributed by atoms with Crippen LogP contribution in [0.5, 0.6) is 5.75 Å². The molecule has 0 spiro atoms. The van der Waals surface area contributed by atoms with Crippen LogP contribution in [0.2, 0.25) is 5.02 Å². The summed E-state index contributed by atoms with van der Waals surface area (Å²) in [7, 11) is 1.46. The fraction of sp³-hybridized carbons (Fsp3) is 0.125. The quantitative estimate of drug-likeness (QED) is 0.773. The first-order valence-corrected chi connectivity index (χ1v) is 7.29. The number of halogens is 2. The maximum absolute atomic E-state index is 12.8. The summed E-state index contributed by atoms with van der Waals surface area (Å²) in [5.41, 5.74) is 0.807. The Kier molecular flexibility index (Phi) is 5.97. The number of ether oxygens (including phenoxy) is 1. The number of methoxy groups -OCH3 is 1. The van der Waals surface area contributed by atoms with E-state index in [2.05, 4.69) is 16.0 Å². The second-order valence-corrected chi connectivity index (χ2v) is 5.14. The Morgan fingerprint density at radius 1 is 1.12 bits per heavy atom. The van der Waals surface area contributed by atoms with E-state index in [9.17, 15) is 14.0 Å². The molecule has 0 atom stereocenters. The summed E-state index contributed by atoms with van der Waals surface area (Å²) in [6.45, 7) is -0.258. The number of nitrogens with one attached hydrogen (secondary N) is 3. The Morgan fingerprint density at radius 2 is 1.83 bits per heavy atom. The standard InChI is InChI=1S/C16H15ClFN3O3/c1-24-14-7-2-10(17)8-13(14)21-16(23)19-9-15(22)20-12-5-3-11(18)4-6-12/h2-8H,9H2,1H3,(H,20,22)(H2,19,21,23). The number of anilines is 2. The van der Waals surface area contributed by atoms with Crippen LogP contribution in [-0.2, 0) is 4.79 Å². The number of carbonyl (C=O) groups excluding carboxylic acids is 2. The lowest BCUT2D eigenvalue weighted by Crippen LogP contribution is -2.35. The highest BCUT2D eigenvalue weighted by molar-refractivity contribution is 6.31. The molecule has 0 aliphatic heterocycles. The summed E-state index contributed by atoms with van der Waals surface area (Å²) in [6, 6.07) is 9.46. The fourth-order valence-corrected chi connectivity index (χ4v) is 2.02. The summed E-state index contributed by atoms with van der Waals surface area (Å²) in [5, 5.41) is 7.90. The van der Waals surface area contributed by atoms with E-state index in [4.69, 9.17) is 16.3 Å². The summed E-state index contributed by atoms with van der Waals surface area (Å²) >= 11 is 5.87. The van der Waals surface area contributed by atoms with Gasteiger partial charge in [0.05, 0.1) is 19.3 Å². The van der Waals surface area contributed by atoms with Crippen LogP contribution < -0.4 is 20.7 Å². The Balaban J connectivity index is 1.85. The molecule has 0 aromatic heterocycles. The van der Waals surface area contributed by atoms with Gasteiger partial charge in [0, 0.05) is 10.7 Å². The first kappa shape index (κ1) is 17.6. The van der Waals surface area contributed by atoms with Crippen molar-refractivity contribution in [3.63, 3.8) is 0 Å². The van der Waals surface area contributed by atoms with Crippen molar-refractivity contribution in [1.82, 2.24) is 5.32 Å². The molecule has 0 aliphatic carbocycles. The lowest BCUT2D eigenvalue weighted by atomic mass is 10.3. The third-order valence-electron chi connectivity index (χ3n) is 2.95. The summed E-state index contributed by atoms with van der Waals surface area (Å²) in [6.07, 6.45) is 0. The van der Waals surface area contributed by atoms with Crippen molar-refractivity contribution in [2.45, 2.75) is 0 Å². The van der Waals surface area contributed by atoms with Crippen LogP contribution in [0.25, 0.3) is 0 Å². The molecular formula is C16H15ClFN3O3. The monoisotopic (exact) mass is 351 g/mol. The highest BCUT2D eigenvalue weighted by Crippen LogP contribution is 2.27. The average molecular weight is 352 g/mol. The molecule has 3 amide bonds. The lowest BCUT2D eigenvalue weighted by Gasteiger charge is -2.11. The number of hydrogen-bond donors (Lipinski definition) is 3. The van der Waals surface area contributed by atoms with Crippen LogP contribution in [0, 0.1) is 5.82 Å². The minimum Gasteiger partial charge on any atom is -0.495 e. The van der Waals surface area contributed by atoms with E-state index in [0.29, 0.717) is 22.1 Å². The van der Waals surface area contributed by atoms with Crippen LogP contribution >= 0.6 is 11.6 Å². The van der Waals surface area contributed by atoms with Crippen molar-refractivity contribution in [3.05, 3.63) is 53.3 Å². The van der Waals surface area contributed by atoms with E-state index < -0.39 is 17.8 Å². The highest BCUT2D eigenvalue weighted by atomic mass is 35.5. The zero-order valence-electron chi connectivity index (χ0n) is 12.7. The summed E-state index contributed by atoms with van der Waals surface area (Å²) in [4.78, 5) is 23.6. The van der Waals surface area contributed by atoms with Gasteiger partial charge in [0.1, 0.15) is 11.6 Å². The highest BCUT2D eigenvalue weighted by Gasteiger charge is 2.10. The van der Waals surface area contributed by atoms with Gasteiger partial charge in [-0.1, -0.05) is 11.6 Å². The maximum atomic E-state index is 12.8. The van der Waals surface area contributed by atoms with Crippen molar-refractivity contribution in [3.8, 4) is 5.75 Å². The van der Waals surface area contributed by atoms with Gasteiger partial charge in [-0.3, -0.25) is 4.79 Å². The molecule has 0 unspecified atom stereocenters. The van der Waals surface area contributed by atoms with Crippen LogP contribution in [0.4, 0.5) is 20.6 Å². The Bertz CT molecular complexity index is 738. The molecule has 0 saturated carbocycles. The number of rotatable bonds is 5. The van der Waals surface area contributed by atoms with Gasteiger partial charge < -0.3 is 20.7 Å². The molecular weight excluding hydrogens is 337 g/mol. The van der Waals surface area contributed by atoms with Crippen LogP contribution in [0.1, 0.15) is 0 Å². The van der Waals surface area contributed by atoms with Gasteiger partial charge >= 0.3 is 6.03 Å². The van der Waals surface area contributed by atoms with Crippen LogP contribution in [0.15, 0.2) is 42.5 Å². The largest absolute Gasteiger partial charge is 0.495 e. The number of urea groups is 1. The maximum Gasteiger partial charge on any atom is 0.319 e. The summed E-state index contributed by atoms with van der Waals surface area (Å²) < 4.78 is 17.9. The van der Waals surface area contributed by atoms with Gasteiger partial charge in [0.15, 0.2) is 0 Å². The van der Waals surface area contributed by atoms with Crippen molar-refractivity contribution in [1.29, 1.82) is 0 Å². The van der Waals surface area contributed by atoms with Crippen LogP contribution in [-0.4, -0.2) is 25.6 Å². The SMILES string of the molecule is COc1ccc(Cl)cc1NC(=O)NCC(=O)Nc1ccc(F)cc1. The molecule has 0 radical (unpaired) electrons. The Labute approximate surface area is 143 Å². The Hall–Kier alpha value is -2.80. The molecule has 0 heterocycles. The average Bonchev–Trinajstić information content (AvgIpc) is 2.55. The molecule has 2 aromatic rings. The van der Waals surface area contributed by atoms with Gasteiger partial charge in [-0.2, -0.15) is 0 Å². The first-order chi connectivity index (χ1) is 11.5. The molecule has 126 valence electrons. The predicted molar refractivity (Wildman–Crippen MR) is 90.1 cm³/mol. The van der Waals surface area contributed by atoms with Gasteiger partial charge in [-0.15, -0.1) is 0 Å². The zero-order chi connectivity index (χ0) is 17.5. The summed E-state index contributed by atoms with van der Waals surface area (Å²) in [5.74, 6) is -0.416. The normalized spacial score (nSPS) is 9.96. The molecule has 0 saturated heterocycles. The minimum absolute atomic E-state index is 0.258. The number of amides is 3. The molecule has 2 aromatic carbocycles. The van der Waals surface area contributed by atoms with E-state index in [0.717, 1.165) is 0 Å². The van der Waals surface area contributed by atoms with E-state index >= 15 is 0 Å². The van der Waals surface area contributed by atoms with Crippen molar-refractivity contribution >= 4 is 34.9 Å². The number of benzene rings is 2. The van der Waals surface area contributed by atoms with Crippen LogP contribution in [0.3, 0.4) is 0 Å².